The fourth-order valence-electron chi connectivity index (χ4n) is 3.06. The summed E-state index contributed by atoms with van der Waals surface area (Å²) in [5.74, 6) is 2.41. The molecule has 1 saturated carbocycles. The maximum absolute atomic E-state index is 12.8. The molecule has 0 bridgehead atoms. The van der Waals surface area contributed by atoms with Crippen LogP contribution in [0.1, 0.15) is 59.1 Å². The third-order valence-corrected chi connectivity index (χ3v) is 4.58. The Morgan fingerprint density at radius 1 is 1.48 bits per heavy atom. The van der Waals surface area contributed by atoms with Crippen molar-refractivity contribution in [3.63, 3.8) is 0 Å². The highest BCUT2D eigenvalue weighted by molar-refractivity contribution is 5.93. The Kier molecular flexibility index (Phi) is 3.41. The summed E-state index contributed by atoms with van der Waals surface area (Å²) in [5, 5.41) is 7.30. The molecule has 1 saturated heterocycles. The lowest BCUT2D eigenvalue weighted by atomic mass is 10.2. The van der Waals surface area contributed by atoms with Crippen LogP contribution in [-0.2, 0) is 4.74 Å². The van der Waals surface area contributed by atoms with Gasteiger partial charge in [-0.2, -0.15) is 5.10 Å². The van der Waals surface area contributed by atoms with Gasteiger partial charge in [0.2, 0.25) is 0 Å². The van der Waals surface area contributed by atoms with E-state index >= 15 is 0 Å². The van der Waals surface area contributed by atoms with Crippen LogP contribution in [0.15, 0.2) is 10.8 Å². The molecule has 8 heteroatoms. The van der Waals surface area contributed by atoms with Gasteiger partial charge in [0, 0.05) is 26.0 Å². The quantitative estimate of drug-likeness (QED) is 0.919. The van der Waals surface area contributed by atoms with Gasteiger partial charge in [-0.25, -0.2) is 9.97 Å². The Morgan fingerprint density at radius 3 is 2.96 bits per heavy atom. The first-order chi connectivity index (χ1) is 11.2. The number of aromatic amines is 1. The van der Waals surface area contributed by atoms with Crippen molar-refractivity contribution >= 4 is 5.91 Å². The van der Waals surface area contributed by atoms with Crippen LogP contribution in [0.5, 0.6) is 0 Å². The number of aromatic nitrogens is 4. The third kappa shape index (κ3) is 2.52. The number of hydrogen-bond donors (Lipinski definition) is 1. The van der Waals surface area contributed by atoms with E-state index in [1.807, 2.05) is 0 Å². The first-order valence-electron chi connectivity index (χ1n) is 7.83. The second kappa shape index (κ2) is 5.45. The summed E-state index contributed by atoms with van der Waals surface area (Å²) in [6, 6.07) is -0.177. The van der Waals surface area contributed by atoms with Gasteiger partial charge in [0.15, 0.2) is 17.9 Å². The van der Waals surface area contributed by atoms with Gasteiger partial charge >= 0.3 is 0 Å². The number of carbonyl (C=O) groups is 1. The molecule has 122 valence electrons. The Labute approximate surface area is 133 Å². The highest BCUT2D eigenvalue weighted by Gasteiger charge is 2.40. The summed E-state index contributed by atoms with van der Waals surface area (Å²) in [6.45, 7) is 2.24. The fourth-order valence-corrected chi connectivity index (χ4v) is 3.06. The van der Waals surface area contributed by atoms with E-state index in [2.05, 4.69) is 20.2 Å². The second-order valence-corrected chi connectivity index (χ2v) is 6.18. The Hall–Kier alpha value is -2.22. The molecule has 0 aromatic carbocycles. The van der Waals surface area contributed by atoms with Gasteiger partial charge in [0.25, 0.3) is 5.91 Å². The van der Waals surface area contributed by atoms with Crippen molar-refractivity contribution in [3.05, 3.63) is 29.5 Å². The molecule has 1 aliphatic carbocycles. The summed E-state index contributed by atoms with van der Waals surface area (Å²) in [6.07, 6.45) is 4.25. The summed E-state index contributed by atoms with van der Waals surface area (Å²) < 4.78 is 10.6. The summed E-state index contributed by atoms with van der Waals surface area (Å²) in [4.78, 5) is 23.2. The van der Waals surface area contributed by atoms with Gasteiger partial charge in [0.05, 0.1) is 12.1 Å². The lowest BCUT2D eigenvalue weighted by Crippen LogP contribution is -2.33. The molecule has 4 rings (SSSR count). The van der Waals surface area contributed by atoms with E-state index in [-0.39, 0.29) is 18.1 Å². The van der Waals surface area contributed by atoms with Gasteiger partial charge < -0.3 is 14.1 Å². The second-order valence-electron chi connectivity index (χ2n) is 6.18. The van der Waals surface area contributed by atoms with E-state index in [4.69, 9.17) is 9.15 Å². The molecule has 2 atom stereocenters. The third-order valence-electron chi connectivity index (χ3n) is 4.58. The molecule has 1 N–H and O–H groups in total. The largest absolute Gasteiger partial charge is 0.448 e. The zero-order chi connectivity index (χ0) is 16.0. The molecule has 0 unspecified atom stereocenters. The Balaban J connectivity index is 1.62. The number of carbonyl (C=O) groups excluding carboxylic acids is 1. The Bertz CT molecular complexity index is 720. The molecule has 0 radical (unpaired) electrons. The topological polar surface area (TPSA) is 97.1 Å². The molecule has 3 heterocycles. The van der Waals surface area contributed by atoms with Gasteiger partial charge in [-0.1, -0.05) is 0 Å². The number of nitrogens with one attached hydrogen (secondary N) is 1. The highest BCUT2D eigenvalue weighted by Crippen LogP contribution is 2.39. The molecule has 2 fully saturated rings. The molecular formula is C15H19N5O3. The van der Waals surface area contributed by atoms with Crippen LogP contribution in [0, 0.1) is 6.92 Å². The highest BCUT2D eigenvalue weighted by atomic mass is 16.5. The molecule has 0 spiro atoms. The standard InChI is InChI=1S/C15H19N5O3/c1-8-12(16-7-23-8)15(21)20-6-10(22-2)5-11(20)14-17-13(18-19-14)9-3-4-9/h7,9-11H,3-6H2,1-2H3,(H,17,18,19)/t10-,11+/m1/s1. The number of ether oxygens (including phenoxy) is 1. The van der Waals surface area contributed by atoms with Crippen LogP contribution < -0.4 is 0 Å². The molecule has 2 aliphatic rings. The van der Waals surface area contributed by atoms with E-state index in [1.54, 1.807) is 18.9 Å². The number of hydrogen-bond acceptors (Lipinski definition) is 6. The van der Waals surface area contributed by atoms with Crippen molar-refractivity contribution in [1.82, 2.24) is 25.1 Å². The van der Waals surface area contributed by atoms with Crippen molar-refractivity contribution in [2.24, 2.45) is 0 Å². The number of nitrogens with zero attached hydrogens (tertiary/aromatic N) is 4. The van der Waals surface area contributed by atoms with Crippen molar-refractivity contribution < 1.29 is 13.9 Å². The van der Waals surface area contributed by atoms with Crippen LogP contribution in [0.2, 0.25) is 0 Å². The van der Waals surface area contributed by atoms with Crippen molar-refractivity contribution in [1.29, 1.82) is 0 Å². The number of H-pyrrole nitrogens is 1. The molecule has 1 amide bonds. The number of oxazole rings is 1. The van der Waals surface area contributed by atoms with Crippen LogP contribution >= 0.6 is 0 Å². The van der Waals surface area contributed by atoms with Crippen LogP contribution in [-0.4, -0.2) is 50.7 Å². The van der Waals surface area contributed by atoms with E-state index in [0.717, 1.165) is 24.5 Å². The van der Waals surface area contributed by atoms with Crippen LogP contribution in [0.25, 0.3) is 0 Å². The first kappa shape index (κ1) is 14.4. The summed E-state index contributed by atoms with van der Waals surface area (Å²) >= 11 is 0. The molecule has 8 nitrogen and oxygen atoms in total. The van der Waals surface area contributed by atoms with Gasteiger partial charge in [-0.05, 0) is 19.8 Å². The van der Waals surface area contributed by atoms with Crippen molar-refractivity contribution in [2.45, 2.75) is 44.2 Å². The molecule has 23 heavy (non-hydrogen) atoms. The number of rotatable bonds is 4. The minimum absolute atomic E-state index is 0.0226. The van der Waals surface area contributed by atoms with E-state index in [9.17, 15) is 4.79 Å². The lowest BCUT2D eigenvalue weighted by Gasteiger charge is -2.21. The molecule has 2 aromatic heterocycles. The smallest absolute Gasteiger partial charge is 0.276 e. The maximum atomic E-state index is 12.8. The zero-order valence-corrected chi connectivity index (χ0v) is 13.2. The van der Waals surface area contributed by atoms with Gasteiger partial charge in [0.1, 0.15) is 11.6 Å². The number of amides is 1. The zero-order valence-electron chi connectivity index (χ0n) is 13.2. The predicted molar refractivity (Wildman–Crippen MR) is 78.8 cm³/mol. The normalized spacial score (nSPS) is 24.3. The number of likely N-dealkylation sites (tertiary alicyclic amines) is 1. The fraction of sp³-hybridized carbons (Fsp3) is 0.600. The summed E-state index contributed by atoms with van der Waals surface area (Å²) in [5.41, 5.74) is 0.341. The van der Waals surface area contributed by atoms with E-state index in [0.29, 0.717) is 30.3 Å². The minimum atomic E-state index is -0.177. The SMILES string of the molecule is CO[C@@H]1C[C@@H](c2nc(C3CC3)n[nH]2)N(C(=O)c2ncoc2C)C1. The van der Waals surface area contributed by atoms with E-state index < -0.39 is 0 Å². The average Bonchev–Trinajstić information content (AvgIpc) is 2.99. The number of methoxy groups -OCH3 is 1. The van der Waals surface area contributed by atoms with Crippen LogP contribution in [0.3, 0.4) is 0 Å². The van der Waals surface area contributed by atoms with E-state index in [1.165, 1.54) is 6.39 Å². The monoisotopic (exact) mass is 317 g/mol. The van der Waals surface area contributed by atoms with Gasteiger partial charge in [-0.15, -0.1) is 0 Å². The maximum Gasteiger partial charge on any atom is 0.276 e. The van der Waals surface area contributed by atoms with Crippen LogP contribution in [0.4, 0.5) is 0 Å². The predicted octanol–water partition coefficient (Wildman–Crippen LogP) is 1.58. The van der Waals surface area contributed by atoms with Crippen molar-refractivity contribution in [3.8, 4) is 0 Å². The Morgan fingerprint density at radius 2 is 2.30 bits per heavy atom. The number of aryl methyl sites for hydroxylation is 1. The average molecular weight is 317 g/mol. The molecular weight excluding hydrogens is 298 g/mol. The van der Waals surface area contributed by atoms with Crippen molar-refractivity contribution in [2.75, 3.05) is 13.7 Å². The minimum Gasteiger partial charge on any atom is -0.448 e. The lowest BCUT2D eigenvalue weighted by molar-refractivity contribution is 0.0677. The summed E-state index contributed by atoms with van der Waals surface area (Å²) in [7, 11) is 1.66. The molecule has 1 aliphatic heterocycles. The molecule has 2 aromatic rings. The van der Waals surface area contributed by atoms with Gasteiger partial charge in [-0.3, -0.25) is 9.89 Å². The first-order valence-corrected chi connectivity index (χ1v) is 7.83.